The minimum absolute atomic E-state index is 0.0126. The number of hydrogen-bond donors (Lipinski definition) is 0. The molecular formula is C20H19FN2O2S. The molecule has 1 aromatic heterocycles. The number of nitrogens with zero attached hydrogens (tertiary/aromatic N) is 2. The first-order chi connectivity index (χ1) is 12.5. The van der Waals surface area contributed by atoms with E-state index in [1.165, 1.54) is 36.0 Å². The number of hydrogen-bond acceptors (Lipinski definition) is 4. The number of aryl methyl sites for hydroxylation is 1. The number of thioether (sulfide) groups is 1. The fourth-order valence-corrected chi connectivity index (χ4v) is 3.58. The molecule has 0 atom stereocenters. The maximum Gasteiger partial charge on any atom is 0.261 e. The van der Waals surface area contributed by atoms with Crippen LogP contribution in [-0.4, -0.2) is 21.1 Å². The van der Waals surface area contributed by atoms with Crippen LogP contribution in [0.1, 0.15) is 28.8 Å². The van der Waals surface area contributed by atoms with Crippen LogP contribution < -0.4 is 5.56 Å². The Bertz CT molecular complexity index is 1010. The fourth-order valence-electron chi connectivity index (χ4n) is 2.67. The summed E-state index contributed by atoms with van der Waals surface area (Å²) in [6.07, 6.45) is 1.03. The summed E-state index contributed by atoms with van der Waals surface area (Å²) in [4.78, 5) is 29.1. The Morgan fingerprint density at radius 2 is 1.92 bits per heavy atom. The van der Waals surface area contributed by atoms with E-state index in [9.17, 15) is 14.0 Å². The predicted octanol–water partition coefficient (Wildman–Crippen LogP) is 4.14. The summed E-state index contributed by atoms with van der Waals surface area (Å²) in [5.41, 5.74) is 2.16. The molecular weight excluding hydrogens is 351 g/mol. The van der Waals surface area contributed by atoms with Gasteiger partial charge in [-0.05, 0) is 49.7 Å². The number of carbonyl (C=O) groups is 1. The molecule has 0 bridgehead atoms. The molecule has 0 fully saturated rings. The molecule has 0 N–H and O–H groups in total. The van der Waals surface area contributed by atoms with Crippen molar-refractivity contribution in [2.24, 2.45) is 7.05 Å². The zero-order valence-electron chi connectivity index (χ0n) is 14.7. The van der Waals surface area contributed by atoms with Gasteiger partial charge in [0.05, 0.1) is 10.9 Å². The van der Waals surface area contributed by atoms with E-state index in [0.29, 0.717) is 40.2 Å². The minimum atomic E-state index is -0.351. The first-order valence-corrected chi connectivity index (χ1v) is 9.33. The third kappa shape index (κ3) is 4.02. The molecule has 0 amide bonds. The van der Waals surface area contributed by atoms with Crippen LogP contribution in [0.5, 0.6) is 0 Å². The van der Waals surface area contributed by atoms with Crippen LogP contribution in [-0.2, 0) is 7.05 Å². The van der Waals surface area contributed by atoms with Gasteiger partial charge in [0.2, 0.25) is 0 Å². The van der Waals surface area contributed by atoms with Crippen molar-refractivity contribution in [3.8, 4) is 0 Å². The molecule has 6 heteroatoms. The molecule has 3 aromatic rings. The van der Waals surface area contributed by atoms with E-state index in [1.807, 2.05) is 25.1 Å². The normalized spacial score (nSPS) is 11.0. The molecule has 0 aliphatic carbocycles. The topological polar surface area (TPSA) is 52.0 Å². The molecule has 0 aliphatic rings. The Balaban J connectivity index is 1.64. The Morgan fingerprint density at radius 1 is 1.19 bits per heavy atom. The molecule has 2 aromatic carbocycles. The standard InChI is InChI=1S/C20H19FN2O2S/c1-13-5-10-17-16(12-13)19(25)23(2)20(22-17)26-11-3-4-18(24)14-6-8-15(21)9-7-14/h5-10,12H,3-4,11H2,1-2H3. The van der Waals surface area contributed by atoms with E-state index in [2.05, 4.69) is 4.98 Å². The largest absolute Gasteiger partial charge is 0.294 e. The molecule has 0 aliphatic heterocycles. The molecule has 0 saturated heterocycles. The van der Waals surface area contributed by atoms with Gasteiger partial charge in [0.1, 0.15) is 5.82 Å². The van der Waals surface area contributed by atoms with Gasteiger partial charge in [-0.1, -0.05) is 23.4 Å². The van der Waals surface area contributed by atoms with Crippen molar-refractivity contribution in [3.63, 3.8) is 0 Å². The number of carbonyl (C=O) groups excluding carboxylic acids is 1. The predicted molar refractivity (Wildman–Crippen MR) is 102 cm³/mol. The molecule has 1 heterocycles. The molecule has 3 rings (SSSR count). The summed E-state index contributed by atoms with van der Waals surface area (Å²) in [7, 11) is 1.71. The summed E-state index contributed by atoms with van der Waals surface area (Å²) in [6.45, 7) is 1.94. The van der Waals surface area contributed by atoms with Crippen molar-refractivity contribution in [1.29, 1.82) is 0 Å². The van der Waals surface area contributed by atoms with E-state index in [0.717, 1.165) is 5.56 Å². The summed E-state index contributed by atoms with van der Waals surface area (Å²) in [6, 6.07) is 11.2. The van der Waals surface area contributed by atoms with E-state index < -0.39 is 0 Å². The quantitative estimate of drug-likeness (QED) is 0.283. The van der Waals surface area contributed by atoms with Gasteiger partial charge in [-0.3, -0.25) is 14.2 Å². The van der Waals surface area contributed by atoms with Crippen molar-refractivity contribution in [2.45, 2.75) is 24.9 Å². The van der Waals surface area contributed by atoms with Crippen LogP contribution in [0.4, 0.5) is 4.39 Å². The molecule has 0 radical (unpaired) electrons. The first kappa shape index (κ1) is 18.3. The molecule has 0 spiro atoms. The smallest absolute Gasteiger partial charge is 0.261 e. The third-order valence-corrected chi connectivity index (χ3v) is 5.25. The Morgan fingerprint density at radius 3 is 2.65 bits per heavy atom. The number of fused-ring (bicyclic) bond motifs is 1. The van der Waals surface area contributed by atoms with Gasteiger partial charge in [0, 0.05) is 24.8 Å². The summed E-state index contributed by atoms with van der Waals surface area (Å²) in [5, 5.41) is 1.25. The Labute approximate surface area is 155 Å². The van der Waals surface area contributed by atoms with Gasteiger partial charge in [-0.25, -0.2) is 9.37 Å². The van der Waals surface area contributed by atoms with Gasteiger partial charge >= 0.3 is 0 Å². The highest BCUT2D eigenvalue weighted by Crippen LogP contribution is 2.19. The molecule has 134 valence electrons. The number of aromatic nitrogens is 2. The summed E-state index contributed by atoms with van der Waals surface area (Å²) >= 11 is 1.46. The lowest BCUT2D eigenvalue weighted by Gasteiger charge is -2.09. The third-order valence-electron chi connectivity index (χ3n) is 4.14. The van der Waals surface area contributed by atoms with E-state index in [-0.39, 0.29) is 17.2 Å². The Kier molecular flexibility index (Phi) is 5.52. The van der Waals surface area contributed by atoms with Gasteiger partial charge in [-0.2, -0.15) is 0 Å². The van der Waals surface area contributed by atoms with Crippen molar-refractivity contribution < 1.29 is 9.18 Å². The van der Waals surface area contributed by atoms with Crippen LogP contribution in [0.15, 0.2) is 52.4 Å². The average molecular weight is 370 g/mol. The number of halogens is 1. The SMILES string of the molecule is Cc1ccc2nc(SCCCC(=O)c3ccc(F)cc3)n(C)c(=O)c2c1. The van der Waals surface area contributed by atoms with Gasteiger partial charge < -0.3 is 0 Å². The lowest BCUT2D eigenvalue weighted by atomic mass is 10.1. The second kappa shape index (κ2) is 7.83. The van der Waals surface area contributed by atoms with E-state index in [1.54, 1.807) is 11.6 Å². The fraction of sp³-hybridized carbons (Fsp3) is 0.250. The van der Waals surface area contributed by atoms with E-state index in [4.69, 9.17) is 0 Å². The van der Waals surface area contributed by atoms with Crippen molar-refractivity contribution in [3.05, 3.63) is 69.8 Å². The number of rotatable bonds is 6. The minimum Gasteiger partial charge on any atom is -0.294 e. The maximum absolute atomic E-state index is 12.9. The number of ketones is 1. The lowest BCUT2D eigenvalue weighted by Crippen LogP contribution is -2.20. The molecule has 0 saturated carbocycles. The highest BCUT2D eigenvalue weighted by molar-refractivity contribution is 7.99. The lowest BCUT2D eigenvalue weighted by molar-refractivity contribution is 0.0982. The molecule has 26 heavy (non-hydrogen) atoms. The summed E-state index contributed by atoms with van der Waals surface area (Å²) < 4.78 is 14.4. The highest BCUT2D eigenvalue weighted by atomic mass is 32.2. The molecule has 0 unspecified atom stereocenters. The monoisotopic (exact) mass is 370 g/mol. The van der Waals surface area contributed by atoms with Crippen molar-refractivity contribution in [2.75, 3.05) is 5.75 Å². The zero-order valence-corrected chi connectivity index (χ0v) is 15.5. The van der Waals surface area contributed by atoms with Crippen LogP contribution in [0.2, 0.25) is 0 Å². The van der Waals surface area contributed by atoms with Crippen molar-refractivity contribution in [1.82, 2.24) is 9.55 Å². The van der Waals surface area contributed by atoms with Crippen LogP contribution in [0.3, 0.4) is 0 Å². The van der Waals surface area contributed by atoms with Gasteiger partial charge in [0.15, 0.2) is 10.9 Å². The zero-order chi connectivity index (χ0) is 18.7. The number of benzene rings is 2. The highest BCUT2D eigenvalue weighted by Gasteiger charge is 2.10. The van der Waals surface area contributed by atoms with Crippen LogP contribution >= 0.6 is 11.8 Å². The maximum atomic E-state index is 12.9. The van der Waals surface area contributed by atoms with E-state index >= 15 is 0 Å². The van der Waals surface area contributed by atoms with Crippen molar-refractivity contribution >= 4 is 28.4 Å². The first-order valence-electron chi connectivity index (χ1n) is 8.34. The second-order valence-electron chi connectivity index (χ2n) is 6.16. The van der Waals surface area contributed by atoms with Crippen LogP contribution in [0.25, 0.3) is 10.9 Å². The second-order valence-corrected chi connectivity index (χ2v) is 7.22. The molecule has 4 nitrogen and oxygen atoms in total. The Hall–Kier alpha value is -2.47. The van der Waals surface area contributed by atoms with Gasteiger partial charge in [0.25, 0.3) is 5.56 Å². The van der Waals surface area contributed by atoms with Gasteiger partial charge in [-0.15, -0.1) is 0 Å². The number of Topliss-reactive ketones (excluding diaryl/α,β-unsaturated/α-hetero) is 1. The van der Waals surface area contributed by atoms with Crippen LogP contribution in [0, 0.1) is 12.7 Å². The summed E-state index contributed by atoms with van der Waals surface area (Å²) in [5.74, 6) is 0.307. The average Bonchev–Trinajstić information content (AvgIpc) is 2.63.